The van der Waals surface area contributed by atoms with E-state index in [2.05, 4.69) is 0 Å². The van der Waals surface area contributed by atoms with Crippen molar-refractivity contribution in [1.29, 1.82) is 5.26 Å². The van der Waals surface area contributed by atoms with E-state index in [1.54, 1.807) is 36.4 Å². The molecule has 0 saturated carbocycles. The number of benzene rings is 2. The number of hydrogen-bond donors (Lipinski definition) is 1. The van der Waals surface area contributed by atoms with Crippen LogP contribution in [-0.2, 0) is 0 Å². The fourth-order valence-electron chi connectivity index (χ4n) is 2.62. The van der Waals surface area contributed by atoms with Gasteiger partial charge in [0.05, 0.1) is 11.1 Å². The van der Waals surface area contributed by atoms with Crippen LogP contribution in [0.25, 0.3) is 0 Å². The lowest BCUT2D eigenvalue weighted by atomic mass is 9.84. The minimum atomic E-state index is -0.995. The molecule has 2 aromatic rings. The zero-order valence-corrected chi connectivity index (χ0v) is 12.2. The second-order valence-electron chi connectivity index (χ2n) is 5.08. The van der Waals surface area contributed by atoms with Gasteiger partial charge in [-0.3, -0.25) is 0 Å². The van der Waals surface area contributed by atoms with E-state index in [0.717, 1.165) is 6.42 Å². The van der Waals surface area contributed by atoms with E-state index in [9.17, 15) is 14.3 Å². The van der Waals surface area contributed by atoms with Gasteiger partial charge in [-0.05, 0) is 35.7 Å². The van der Waals surface area contributed by atoms with Crippen LogP contribution in [0.15, 0.2) is 42.5 Å². The van der Waals surface area contributed by atoms with Crippen LogP contribution in [0.4, 0.5) is 4.39 Å². The Balaban J connectivity index is 2.54. The lowest BCUT2D eigenvalue weighted by molar-refractivity contribution is 0.0695. The maximum absolute atomic E-state index is 13.9. The molecular weight excluding hydrogens is 281 g/mol. The molecule has 0 spiro atoms. The van der Waals surface area contributed by atoms with Crippen LogP contribution in [0.5, 0.6) is 0 Å². The highest BCUT2D eigenvalue weighted by Gasteiger charge is 2.20. The summed E-state index contributed by atoms with van der Waals surface area (Å²) in [5.41, 5.74) is 1.57. The van der Waals surface area contributed by atoms with Crippen molar-refractivity contribution in [2.45, 2.75) is 25.7 Å². The number of nitrogens with zero attached hydrogens (tertiary/aromatic N) is 1. The number of nitriles is 1. The van der Waals surface area contributed by atoms with Crippen LogP contribution in [-0.4, -0.2) is 11.1 Å². The second-order valence-corrected chi connectivity index (χ2v) is 5.08. The summed E-state index contributed by atoms with van der Waals surface area (Å²) in [6.07, 6.45) is 1.54. The van der Waals surface area contributed by atoms with Gasteiger partial charge < -0.3 is 5.11 Å². The van der Waals surface area contributed by atoms with Gasteiger partial charge in [0.25, 0.3) is 0 Å². The van der Waals surface area contributed by atoms with Crippen molar-refractivity contribution in [3.05, 3.63) is 70.5 Å². The number of carbonyl (C=O) groups is 1. The average Bonchev–Trinajstić information content (AvgIpc) is 2.52. The Morgan fingerprint density at radius 3 is 2.64 bits per heavy atom. The first kappa shape index (κ1) is 15.7. The van der Waals surface area contributed by atoms with Gasteiger partial charge in [0.15, 0.2) is 0 Å². The predicted octanol–water partition coefficient (Wildman–Crippen LogP) is 4.33. The highest BCUT2D eigenvalue weighted by Crippen LogP contribution is 2.32. The topological polar surface area (TPSA) is 61.1 Å². The largest absolute Gasteiger partial charge is 0.478 e. The van der Waals surface area contributed by atoms with Crippen molar-refractivity contribution >= 4 is 5.97 Å². The van der Waals surface area contributed by atoms with E-state index < -0.39 is 11.8 Å². The summed E-state index contributed by atoms with van der Waals surface area (Å²) < 4.78 is 13.9. The Hall–Kier alpha value is -2.67. The van der Waals surface area contributed by atoms with Crippen LogP contribution in [0, 0.1) is 17.1 Å². The molecule has 0 aliphatic rings. The minimum Gasteiger partial charge on any atom is -0.478 e. The van der Waals surface area contributed by atoms with E-state index in [1.807, 2.05) is 6.92 Å². The molecule has 2 rings (SSSR count). The quantitative estimate of drug-likeness (QED) is 0.893. The Bertz CT molecular complexity index is 734. The molecule has 0 bridgehead atoms. The summed E-state index contributed by atoms with van der Waals surface area (Å²) in [5, 5.41) is 18.2. The maximum atomic E-state index is 13.9. The van der Waals surface area contributed by atoms with Crippen LogP contribution < -0.4 is 0 Å². The molecule has 22 heavy (non-hydrogen) atoms. The maximum Gasteiger partial charge on any atom is 0.335 e. The number of carboxylic acids is 1. The SMILES string of the molecule is CCCC(c1ccc(C#N)c(F)c1)c1ccccc1C(=O)O. The van der Waals surface area contributed by atoms with Crippen molar-refractivity contribution in [3.8, 4) is 6.07 Å². The van der Waals surface area contributed by atoms with Gasteiger partial charge >= 0.3 is 5.97 Å². The zero-order valence-electron chi connectivity index (χ0n) is 12.2. The van der Waals surface area contributed by atoms with Crippen LogP contribution in [0.2, 0.25) is 0 Å². The summed E-state index contributed by atoms with van der Waals surface area (Å²) >= 11 is 0. The summed E-state index contributed by atoms with van der Waals surface area (Å²) in [4.78, 5) is 11.4. The molecule has 0 saturated heterocycles. The number of hydrogen-bond acceptors (Lipinski definition) is 2. The third-order valence-electron chi connectivity index (χ3n) is 3.66. The number of rotatable bonds is 5. The van der Waals surface area contributed by atoms with Gasteiger partial charge in [0.1, 0.15) is 11.9 Å². The highest BCUT2D eigenvalue weighted by molar-refractivity contribution is 5.89. The van der Waals surface area contributed by atoms with Crippen molar-refractivity contribution in [2.75, 3.05) is 0 Å². The normalized spacial score (nSPS) is 11.7. The number of carboxylic acid groups (broad SMARTS) is 1. The zero-order chi connectivity index (χ0) is 16.1. The lowest BCUT2D eigenvalue weighted by Gasteiger charge is -2.19. The molecule has 0 aromatic heterocycles. The molecular formula is C18H16FNO2. The van der Waals surface area contributed by atoms with E-state index >= 15 is 0 Å². The van der Waals surface area contributed by atoms with Crippen molar-refractivity contribution in [1.82, 2.24) is 0 Å². The first-order chi connectivity index (χ1) is 10.6. The van der Waals surface area contributed by atoms with Gasteiger partial charge in [0, 0.05) is 5.92 Å². The van der Waals surface area contributed by atoms with E-state index in [0.29, 0.717) is 17.5 Å². The highest BCUT2D eigenvalue weighted by atomic mass is 19.1. The molecule has 0 fully saturated rings. The molecule has 1 atom stereocenters. The van der Waals surface area contributed by atoms with E-state index in [4.69, 9.17) is 5.26 Å². The minimum absolute atomic E-state index is 0.00878. The molecule has 0 aliphatic carbocycles. The Morgan fingerprint density at radius 2 is 2.05 bits per heavy atom. The molecule has 1 unspecified atom stereocenters. The van der Waals surface area contributed by atoms with E-state index in [1.165, 1.54) is 12.1 Å². The summed E-state index contributed by atoms with van der Waals surface area (Å²) in [6, 6.07) is 13.0. The number of halogens is 1. The first-order valence-electron chi connectivity index (χ1n) is 7.10. The molecule has 0 amide bonds. The molecule has 0 heterocycles. The van der Waals surface area contributed by atoms with Crippen LogP contribution >= 0.6 is 0 Å². The van der Waals surface area contributed by atoms with Gasteiger partial charge in [-0.15, -0.1) is 0 Å². The van der Waals surface area contributed by atoms with Crippen molar-refractivity contribution in [3.63, 3.8) is 0 Å². The standard InChI is InChI=1S/C18H16FNO2/c1-2-5-14(12-8-9-13(11-20)17(19)10-12)15-6-3-4-7-16(15)18(21)22/h3-4,6-10,14H,2,5H2,1H3,(H,21,22). The van der Waals surface area contributed by atoms with Crippen molar-refractivity contribution < 1.29 is 14.3 Å². The third-order valence-corrected chi connectivity index (χ3v) is 3.66. The average molecular weight is 297 g/mol. The molecule has 4 heteroatoms. The van der Waals surface area contributed by atoms with Gasteiger partial charge in [-0.2, -0.15) is 5.26 Å². The Kier molecular flexibility index (Phi) is 4.90. The van der Waals surface area contributed by atoms with Crippen molar-refractivity contribution in [2.24, 2.45) is 0 Å². The van der Waals surface area contributed by atoms with Gasteiger partial charge in [-0.1, -0.05) is 37.6 Å². The summed E-state index contributed by atoms with van der Waals surface area (Å²) in [6.45, 7) is 2.00. The van der Waals surface area contributed by atoms with E-state index in [-0.39, 0.29) is 17.0 Å². The summed E-state index contributed by atoms with van der Waals surface area (Å²) in [7, 11) is 0. The summed E-state index contributed by atoms with van der Waals surface area (Å²) in [5.74, 6) is -1.78. The lowest BCUT2D eigenvalue weighted by Crippen LogP contribution is -2.09. The molecule has 2 aromatic carbocycles. The monoisotopic (exact) mass is 297 g/mol. The predicted molar refractivity (Wildman–Crippen MR) is 81.3 cm³/mol. The molecule has 3 nitrogen and oxygen atoms in total. The van der Waals surface area contributed by atoms with Gasteiger partial charge in [0.2, 0.25) is 0 Å². The Morgan fingerprint density at radius 1 is 1.32 bits per heavy atom. The van der Waals surface area contributed by atoms with Crippen LogP contribution in [0.3, 0.4) is 0 Å². The molecule has 0 radical (unpaired) electrons. The Labute approximate surface area is 128 Å². The smallest absolute Gasteiger partial charge is 0.335 e. The number of aromatic carboxylic acids is 1. The van der Waals surface area contributed by atoms with Gasteiger partial charge in [-0.25, -0.2) is 9.18 Å². The third kappa shape index (κ3) is 3.15. The van der Waals surface area contributed by atoms with Crippen LogP contribution in [0.1, 0.15) is 52.7 Å². The first-order valence-corrected chi connectivity index (χ1v) is 7.10. The fraction of sp³-hybridized carbons (Fsp3) is 0.222. The second kappa shape index (κ2) is 6.86. The fourth-order valence-corrected chi connectivity index (χ4v) is 2.62. The molecule has 112 valence electrons. The molecule has 0 aliphatic heterocycles. The molecule has 1 N–H and O–H groups in total.